The zero-order chi connectivity index (χ0) is 17.0. The molecule has 0 radical (unpaired) electrons. The van der Waals surface area contributed by atoms with E-state index in [4.69, 9.17) is 14.6 Å². The Balaban J connectivity index is 0.000000236. The molecule has 0 aliphatic carbocycles. The van der Waals surface area contributed by atoms with Gasteiger partial charge in [0.05, 0.1) is 0 Å². The Morgan fingerprint density at radius 2 is 1.87 bits per heavy atom. The van der Waals surface area contributed by atoms with Gasteiger partial charge in [-0.1, -0.05) is 6.07 Å². The summed E-state index contributed by atoms with van der Waals surface area (Å²) < 4.78 is 37.7. The van der Waals surface area contributed by atoms with E-state index < -0.39 is 12.1 Å². The molecular weight excluding hydrogens is 313 g/mol. The maximum atomic E-state index is 10.6. The largest absolute Gasteiger partial charge is 0.490 e. The zero-order valence-electron chi connectivity index (χ0n) is 12.6. The summed E-state index contributed by atoms with van der Waals surface area (Å²) in [7, 11) is 0. The van der Waals surface area contributed by atoms with Crippen molar-refractivity contribution in [3.63, 3.8) is 0 Å². The molecule has 2 fully saturated rings. The van der Waals surface area contributed by atoms with Crippen molar-refractivity contribution in [2.75, 3.05) is 0 Å². The number of pyridine rings is 1. The number of alkyl halides is 3. The highest BCUT2D eigenvalue weighted by atomic mass is 19.4. The number of carbonyl (C=O) groups is 1. The fourth-order valence-electron chi connectivity index (χ4n) is 2.80. The highest BCUT2D eigenvalue weighted by Crippen LogP contribution is 2.29. The number of aliphatic carboxylic acids is 1. The molecule has 0 saturated carbocycles. The van der Waals surface area contributed by atoms with Crippen molar-refractivity contribution >= 4 is 5.97 Å². The van der Waals surface area contributed by atoms with Crippen LogP contribution in [0.2, 0.25) is 0 Å². The van der Waals surface area contributed by atoms with Crippen LogP contribution in [-0.2, 0) is 4.79 Å². The summed E-state index contributed by atoms with van der Waals surface area (Å²) in [5.41, 5.74) is 1.18. The van der Waals surface area contributed by atoms with E-state index in [0.29, 0.717) is 18.2 Å². The Morgan fingerprint density at radius 1 is 1.30 bits per heavy atom. The Labute approximate surface area is 131 Å². The Kier molecular flexibility index (Phi) is 5.46. The first-order chi connectivity index (χ1) is 10.7. The molecule has 3 atom stereocenters. The average molecular weight is 332 g/mol. The van der Waals surface area contributed by atoms with Gasteiger partial charge in [-0.15, -0.1) is 0 Å². The van der Waals surface area contributed by atoms with Gasteiger partial charge < -0.3 is 15.2 Å². The van der Waals surface area contributed by atoms with Crippen LogP contribution >= 0.6 is 0 Å². The predicted octanol–water partition coefficient (Wildman–Crippen LogP) is 2.69. The number of hydrogen-bond acceptors (Lipinski definition) is 4. The number of halogens is 3. The molecule has 1 unspecified atom stereocenters. The molecule has 23 heavy (non-hydrogen) atoms. The number of carboxylic acids is 1. The average Bonchev–Trinajstić information content (AvgIpc) is 2.80. The van der Waals surface area contributed by atoms with E-state index in [2.05, 4.69) is 16.4 Å². The van der Waals surface area contributed by atoms with E-state index in [0.717, 1.165) is 18.7 Å². The summed E-state index contributed by atoms with van der Waals surface area (Å²) in [5.74, 6) is -1.98. The van der Waals surface area contributed by atoms with E-state index in [1.807, 2.05) is 19.2 Å². The third-order valence-corrected chi connectivity index (χ3v) is 3.84. The first-order valence-corrected chi connectivity index (χ1v) is 7.39. The second kappa shape index (κ2) is 7.16. The Bertz CT molecular complexity index is 522. The molecule has 2 N–H and O–H groups in total. The molecule has 3 rings (SSSR count). The molecule has 2 aliphatic rings. The highest BCUT2D eigenvalue weighted by molar-refractivity contribution is 5.73. The zero-order valence-corrected chi connectivity index (χ0v) is 12.6. The van der Waals surface area contributed by atoms with Crippen molar-refractivity contribution < 1.29 is 27.8 Å². The van der Waals surface area contributed by atoms with Crippen molar-refractivity contribution in [1.82, 2.24) is 10.3 Å². The lowest BCUT2D eigenvalue weighted by molar-refractivity contribution is -0.192. The van der Waals surface area contributed by atoms with E-state index in [1.54, 1.807) is 0 Å². The molecule has 0 aromatic carbocycles. The summed E-state index contributed by atoms with van der Waals surface area (Å²) in [5, 5.41) is 10.7. The molecule has 0 spiro atoms. The fraction of sp³-hybridized carbons (Fsp3) is 0.600. The number of rotatable bonds is 2. The lowest BCUT2D eigenvalue weighted by Crippen LogP contribution is -2.42. The number of aromatic nitrogens is 1. The minimum absolute atomic E-state index is 0.356. The van der Waals surface area contributed by atoms with Crippen LogP contribution in [0.25, 0.3) is 0 Å². The maximum absolute atomic E-state index is 10.6. The second-order valence-corrected chi connectivity index (χ2v) is 5.83. The molecular formula is C15H19F3N2O3. The van der Waals surface area contributed by atoms with Gasteiger partial charge in [0.2, 0.25) is 5.88 Å². The lowest BCUT2D eigenvalue weighted by atomic mass is 10.0. The van der Waals surface area contributed by atoms with Crippen molar-refractivity contribution in [3.05, 3.63) is 23.9 Å². The molecule has 2 bridgehead atoms. The van der Waals surface area contributed by atoms with Gasteiger partial charge in [0.25, 0.3) is 0 Å². The van der Waals surface area contributed by atoms with Crippen molar-refractivity contribution in [2.45, 2.75) is 57.0 Å². The van der Waals surface area contributed by atoms with E-state index in [9.17, 15) is 13.2 Å². The summed E-state index contributed by atoms with van der Waals surface area (Å²) in [6.45, 7) is 2.04. The normalized spacial score (nSPS) is 26.2. The second-order valence-electron chi connectivity index (χ2n) is 5.83. The van der Waals surface area contributed by atoms with E-state index >= 15 is 0 Å². The van der Waals surface area contributed by atoms with Crippen LogP contribution in [0, 0.1) is 6.92 Å². The van der Waals surface area contributed by atoms with Crippen LogP contribution in [0.3, 0.4) is 0 Å². The SMILES string of the molecule is Cc1ccc(OC2C[C@H]3CC[C@@H](C2)N3)nc1.O=C(O)C(F)(F)F. The molecule has 3 heterocycles. The first kappa shape index (κ1) is 17.5. The minimum atomic E-state index is -5.08. The summed E-state index contributed by atoms with van der Waals surface area (Å²) in [6.07, 6.45) is 2.02. The lowest BCUT2D eigenvalue weighted by Gasteiger charge is -2.29. The van der Waals surface area contributed by atoms with Crippen LogP contribution < -0.4 is 10.1 Å². The molecule has 2 saturated heterocycles. The fourth-order valence-corrected chi connectivity index (χ4v) is 2.80. The Morgan fingerprint density at radius 3 is 2.30 bits per heavy atom. The number of nitrogens with one attached hydrogen (secondary N) is 1. The number of hydrogen-bond donors (Lipinski definition) is 2. The standard InChI is InChI=1S/C13H18N2O.C2HF3O2/c1-9-2-5-13(14-8-9)16-12-6-10-3-4-11(7-12)15-10;3-2(4,5)1(6)7/h2,5,8,10-12,15H,3-4,6-7H2,1H3;(H,6,7)/t10-,11+,12?;. The van der Waals surface area contributed by atoms with Gasteiger partial charge in [-0.2, -0.15) is 13.2 Å². The third kappa shape index (κ3) is 5.38. The van der Waals surface area contributed by atoms with Gasteiger partial charge in [0.1, 0.15) is 6.10 Å². The van der Waals surface area contributed by atoms with Gasteiger partial charge in [-0.25, -0.2) is 9.78 Å². The van der Waals surface area contributed by atoms with Crippen molar-refractivity contribution in [3.8, 4) is 5.88 Å². The number of aryl methyl sites for hydroxylation is 1. The highest BCUT2D eigenvalue weighted by Gasteiger charge is 2.38. The predicted molar refractivity (Wildman–Crippen MR) is 76.3 cm³/mol. The molecule has 8 heteroatoms. The summed E-state index contributed by atoms with van der Waals surface area (Å²) in [6, 6.07) is 5.38. The van der Waals surface area contributed by atoms with E-state index in [-0.39, 0.29) is 0 Å². The van der Waals surface area contributed by atoms with Crippen LogP contribution in [-0.4, -0.2) is 40.4 Å². The minimum Gasteiger partial charge on any atom is -0.475 e. The van der Waals surface area contributed by atoms with Crippen LogP contribution in [0.1, 0.15) is 31.2 Å². The number of carboxylic acid groups (broad SMARTS) is 1. The molecule has 2 aliphatic heterocycles. The van der Waals surface area contributed by atoms with E-state index in [1.165, 1.54) is 18.4 Å². The van der Waals surface area contributed by atoms with Crippen molar-refractivity contribution in [2.24, 2.45) is 0 Å². The maximum Gasteiger partial charge on any atom is 0.490 e. The van der Waals surface area contributed by atoms with Crippen LogP contribution in [0.15, 0.2) is 18.3 Å². The number of fused-ring (bicyclic) bond motifs is 2. The number of ether oxygens (including phenoxy) is 1. The molecule has 1 aromatic rings. The van der Waals surface area contributed by atoms with Crippen LogP contribution in [0.4, 0.5) is 13.2 Å². The van der Waals surface area contributed by atoms with Gasteiger partial charge in [-0.3, -0.25) is 0 Å². The van der Waals surface area contributed by atoms with Crippen LogP contribution in [0.5, 0.6) is 5.88 Å². The topological polar surface area (TPSA) is 71.5 Å². The molecule has 5 nitrogen and oxygen atoms in total. The first-order valence-electron chi connectivity index (χ1n) is 7.39. The third-order valence-electron chi connectivity index (χ3n) is 3.84. The quantitative estimate of drug-likeness (QED) is 0.871. The van der Waals surface area contributed by atoms with Gasteiger partial charge in [0.15, 0.2) is 0 Å². The van der Waals surface area contributed by atoms with Gasteiger partial charge >= 0.3 is 12.1 Å². The smallest absolute Gasteiger partial charge is 0.475 e. The summed E-state index contributed by atoms with van der Waals surface area (Å²) in [4.78, 5) is 13.2. The Hall–Kier alpha value is -1.83. The number of nitrogens with zero attached hydrogens (tertiary/aromatic N) is 1. The molecule has 1 aromatic heterocycles. The van der Waals surface area contributed by atoms with Gasteiger partial charge in [0, 0.05) is 24.3 Å². The van der Waals surface area contributed by atoms with Crippen molar-refractivity contribution in [1.29, 1.82) is 0 Å². The molecule has 128 valence electrons. The van der Waals surface area contributed by atoms with Gasteiger partial charge in [-0.05, 0) is 38.2 Å². The monoisotopic (exact) mass is 332 g/mol. The summed E-state index contributed by atoms with van der Waals surface area (Å²) >= 11 is 0. The molecule has 0 amide bonds. The number of piperidine rings is 1.